The van der Waals surface area contributed by atoms with Crippen LogP contribution in [0.2, 0.25) is 0 Å². The number of carbonyl (C=O) groups is 1. The van der Waals surface area contributed by atoms with Crippen LogP contribution < -0.4 is 0 Å². The minimum atomic E-state index is -0.0174. The predicted octanol–water partition coefficient (Wildman–Crippen LogP) is 1.76. The lowest BCUT2D eigenvalue weighted by Crippen LogP contribution is -2.22. The Bertz CT molecular complexity index is 346. The third-order valence-corrected chi connectivity index (χ3v) is 2.60. The molecule has 1 aromatic carbocycles. The number of fused-ring (bicyclic) bond motifs is 1. The van der Waals surface area contributed by atoms with Crippen molar-refractivity contribution in [1.82, 2.24) is 4.90 Å². The van der Waals surface area contributed by atoms with E-state index < -0.39 is 0 Å². The van der Waals surface area contributed by atoms with Gasteiger partial charge in [-0.25, -0.2) is 0 Å². The number of Topliss-reactive ketones (excluding diaryl/α,β-unsaturated/α-hetero) is 1. The summed E-state index contributed by atoms with van der Waals surface area (Å²) < 4.78 is 0. The predicted molar refractivity (Wildman–Crippen MR) is 51.3 cm³/mol. The van der Waals surface area contributed by atoms with E-state index >= 15 is 0 Å². The lowest BCUT2D eigenvalue weighted by atomic mass is 10.0. The van der Waals surface area contributed by atoms with Crippen LogP contribution in [0.3, 0.4) is 0 Å². The molecule has 0 N–H and O–H groups in total. The van der Waals surface area contributed by atoms with E-state index in [9.17, 15) is 4.79 Å². The van der Waals surface area contributed by atoms with Crippen molar-refractivity contribution >= 4 is 5.78 Å². The number of carbonyl (C=O) groups excluding carboxylic acids is 1. The zero-order chi connectivity index (χ0) is 9.42. The van der Waals surface area contributed by atoms with Crippen LogP contribution in [0.1, 0.15) is 24.1 Å². The molecule has 1 aliphatic rings. The first-order chi connectivity index (χ1) is 6.20. The van der Waals surface area contributed by atoms with Gasteiger partial charge in [-0.15, -0.1) is 0 Å². The van der Waals surface area contributed by atoms with E-state index in [4.69, 9.17) is 0 Å². The quantitative estimate of drug-likeness (QED) is 0.648. The van der Waals surface area contributed by atoms with E-state index in [1.165, 1.54) is 11.1 Å². The Morgan fingerprint density at radius 3 is 2.85 bits per heavy atom. The van der Waals surface area contributed by atoms with Gasteiger partial charge in [-0.05, 0) is 25.1 Å². The van der Waals surface area contributed by atoms with Gasteiger partial charge in [0, 0.05) is 6.54 Å². The summed E-state index contributed by atoms with van der Waals surface area (Å²) in [5.41, 5.74) is 2.46. The highest BCUT2D eigenvalue weighted by atomic mass is 16.1. The Morgan fingerprint density at radius 2 is 2.15 bits per heavy atom. The molecule has 2 heteroatoms. The maximum Gasteiger partial charge on any atom is 0.151 e. The molecular formula is C11H13NO. The molecule has 0 saturated carbocycles. The molecule has 0 unspecified atom stereocenters. The minimum Gasteiger partial charge on any atom is -0.298 e. The second kappa shape index (κ2) is 2.96. The fourth-order valence-corrected chi connectivity index (χ4v) is 2.07. The first-order valence-electron chi connectivity index (χ1n) is 4.48. The van der Waals surface area contributed by atoms with Crippen molar-refractivity contribution < 1.29 is 4.79 Å². The van der Waals surface area contributed by atoms with Crippen molar-refractivity contribution in [2.75, 3.05) is 7.05 Å². The minimum absolute atomic E-state index is 0.0174. The SMILES string of the molecule is CC(=O)[C@@H]1c2ccccc2CN1C. The Kier molecular flexibility index (Phi) is 1.93. The fourth-order valence-electron chi connectivity index (χ4n) is 2.07. The first kappa shape index (κ1) is 8.45. The molecule has 0 saturated heterocycles. The average Bonchev–Trinajstić information content (AvgIpc) is 2.39. The molecule has 0 amide bonds. The topological polar surface area (TPSA) is 20.3 Å². The highest BCUT2D eigenvalue weighted by molar-refractivity contribution is 5.84. The smallest absolute Gasteiger partial charge is 0.151 e. The molecule has 0 bridgehead atoms. The Morgan fingerprint density at radius 1 is 1.46 bits per heavy atom. The van der Waals surface area contributed by atoms with Crippen LogP contribution in [-0.2, 0) is 11.3 Å². The largest absolute Gasteiger partial charge is 0.298 e. The third-order valence-electron chi connectivity index (χ3n) is 2.60. The van der Waals surface area contributed by atoms with Gasteiger partial charge < -0.3 is 0 Å². The van der Waals surface area contributed by atoms with E-state index in [1.807, 2.05) is 25.2 Å². The first-order valence-corrected chi connectivity index (χ1v) is 4.48. The average molecular weight is 175 g/mol. The summed E-state index contributed by atoms with van der Waals surface area (Å²) in [4.78, 5) is 13.5. The zero-order valence-corrected chi connectivity index (χ0v) is 7.95. The highest BCUT2D eigenvalue weighted by Crippen LogP contribution is 2.32. The molecule has 0 aliphatic carbocycles. The van der Waals surface area contributed by atoms with Gasteiger partial charge in [-0.2, -0.15) is 0 Å². The van der Waals surface area contributed by atoms with Crippen LogP contribution in [0, 0.1) is 0 Å². The van der Waals surface area contributed by atoms with Gasteiger partial charge in [0.2, 0.25) is 0 Å². The summed E-state index contributed by atoms with van der Waals surface area (Å²) in [5.74, 6) is 0.229. The molecule has 1 heterocycles. The van der Waals surface area contributed by atoms with Gasteiger partial charge >= 0.3 is 0 Å². The van der Waals surface area contributed by atoms with Gasteiger partial charge in [0.05, 0.1) is 6.04 Å². The molecule has 1 aliphatic heterocycles. The van der Waals surface area contributed by atoms with Crippen molar-refractivity contribution in [3.05, 3.63) is 35.4 Å². The molecule has 0 fully saturated rings. The molecule has 0 spiro atoms. The summed E-state index contributed by atoms with van der Waals surface area (Å²) in [5, 5.41) is 0. The monoisotopic (exact) mass is 175 g/mol. The number of benzene rings is 1. The standard InChI is InChI=1S/C11H13NO/c1-8(13)11-10-6-4-3-5-9(10)7-12(11)2/h3-6,11H,7H2,1-2H3/t11-/m1/s1. The number of nitrogens with zero attached hydrogens (tertiary/aromatic N) is 1. The van der Waals surface area contributed by atoms with Crippen molar-refractivity contribution in [1.29, 1.82) is 0 Å². The second-order valence-corrected chi connectivity index (χ2v) is 3.63. The Hall–Kier alpha value is -1.15. The number of likely N-dealkylation sites (N-methyl/N-ethyl adjacent to an activating group) is 1. The summed E-state index contributed by atoms with van der Waals surface area (Å²) in [7, 11) is 1.99. The van der Waals surface area contributed by atoms with Crippen molar-refractivity contribution in [3.63, 3.8) is 0 Å². The summed E-state index contributed by atoms with van der Waals surface area (Å²) >= 11 is 0. The van der Waals surface area contributed by atoms with Gasteiger partial charge in [0.1, 0.15) is 0 Å². The van der Waals surface area contributed by atoms with Gasteiger partial charge in [-0.1, -0.05) is 24.3 Å². The summed E-state index contributed by atoms with van der Waals surface area (Å²) in [6, 6.07) is 8.14. The van der Waals surface area contributed by atoms with Gasteiger partial charge in [0.25, 0.3) is 0 Å². The van der Waals surface area contributed by atoms with Crippen LogP contribution in [0.25, 0.3) is 0 Å². The molecule has 68 valence electrons. The molecule has 2 nitrogen and oxygen atoms in total. The second-order valence-electron chi connectivity index (χ2n) is 3.63. The number of rotatable bonds is 1. The fraction of sp³-hybridized carbons (Fsp3) is 0.364. The van der Waals surface area contributed by atoms with Crippen LogP contribution in [-0.4, -0.2) is 17.7 Å². The zero-order valence-electron chi connectivity index (χ0n) is 7.95. The van der Waals surface area contributed by atoms with E-state index in [1.54, 1.807) is 6.92 Å². The summed E-state index contributed by atoms with van der Waals surface area (Å²) in [6.45, 7) is 2.55. The third kappa shape index (κ3) is 1.27. The summed E-state index contributed by atoms with van der Waals surface area (Å²) in [6.07, 6.45) is 0. The Labute approximate surface area is 78.2 Å². The van der Waals surface area contributed by atoms with Crippen LogP contribution >= 0.6 is 0 Å². The normalized spacial score (nSPS) is 21.5. The van der Waals surface area contributed by atoms with Gasteiger partial charge in [-0.3, -0.25) is 9.69 Å². The molecular weight excluding hydrogens is 162 g/mol. The molecule has 0 radical (unpaired) electrons. The van der Waals surface area contributed by atoms with Crippen molar-refractivity contribution in [3.8, 4) is 0 Å². The lowest BCUT2D eigenvalue weighted by molar-refractivity contribution is -0.121. The number of ketones is 1. The molecule has 1 aromatic rings. The molecule has 2 rings (SSSR count). The van der Waals surface area contributed by atoms with Crippen LogP contribution in [0.5, 0.6) is 0 Å². The van der Waals surface area contributed by atoms with E-state index in [0.29, 0.717) is 0 Å². The van der Waals surface area contributed by atoms with Gasteiger partial charge in [0.15, 0.2) is 5.78 Å². The van der Waals surface area contributed by atoms with Crippen LogP contribution in [0.4, 0.5) is 0 Å². The molecule has 0 aromatic heterocycles. The van der Waals surface area contributed by atoms with E-state index in [0.717, 1.165) is 6.54 Å². The van der Waals surface area contributed by atoms with Crippen molar-refractivity contribution in [2.24, 2.45) is 0 Å². The molecule has 1 atom stereocenters. The Balaban J connectivity index is 2.46. The van der Waals surface area contributed by atoms with E-state index in [2.05, 4.69) is 11.0 Å². The number of hydrogen-bond acceptors (Lipinski definition) is 2. The maximum atomic E-state index is 11.4. The molecule has 13 heavy (non-hydrogen) atoms. The maximum absolute atomic E-state index is 11.4. The number of hydrogen-bond donors (Lipinski definition) is 0. The van der Waals surface area contributed by atoms with E-state index in [-0.39, 0.29) is 11.8 Å². The van der Waals surface area contributed by atoms with Crippen LogP contribution in [0.15, 0.2) is 24.3 Å². The van der Waals surface area contributed by atoms with Crippen molar-refractivity contribution in [2.45, 2.75) is 19.5 Å². The lowest BCUT2D eigenvalue weighted by Gasteiger charge is -2.16. The highest BCUT2D eigenvalue weighted by Gasteiger charge is 2.29.